The average Bonchev–Trinajstić information content (AvgIpc) is 2.85. The summed E-state index contributed by atoms with van der Waals surface area (Å²) in [5.41, 5.74) is 3.41. The Morgan fingerprint density at radius 3 is 2.04 bits per heavy atom. The highest BCUT2D eigenvalue weighted by Crippen LogP contribution is 2.28. The highest BCUT2D eigenvalue weighted by molar-refractivity contribution is 6.23. The van der Waals surface area contributed by atoms with Crippen molar-refractivity contribution in [1.82, 2.24) is 4.90 Å². The first-order chi connectivity index (χ1) is 12.3. The van der Waals surface area contributed by atoms with E-state index in [-0.39, 0.29) is 11.8 Å². The van der Waals surface area contributed by atoms with Gasteiger partial charge in [-0.1, -0.05) is 38.1 Å². The Balaban J connectivity index is 1.93. The van der Waals surface area contributed by atoms with Crippen molar-refractivity contribution in [2.24, 2.45) is 5.92 Å². The zero-order chi connectivity index (χ0) is 19.0. The summed E-state index contributed by atoms with van der Waals surface area (Å²) in [7, 11) is 0. The molecule has 0 fully saturated rings. The fourth-order valence-corrected chi connectivity index (χ4v) is 3.27. The summed E-state index contributed by atoms with van der Waals surface area (Å²) in [6.07, 6.45) is 0. The van der Waals surface area contributed by atoms with Crippen LogP contribution in [0.2, 0.25) is 0 Å². The van der Waals surface area contributed by atoms with Gasteiger partial charge in [0.25, 0.3) is 11.8 Å². The van der Waals surface area contributed by atoms with Crippen molar-refractivity contribution < 1.29 is 14.4 Å². The van der Waals surface area contributed by atoms with Crippen LogP contribution in [0.3, 0.4) is 0 Å². The van der Waals surface area contributed by atoms with Gasteiger partial charge in [-0.05, 0) is 49.1 Å². The largest absolute Gasteiger partial charge is 0.324 e. The zero-order valence-electron chi connectivity index (χ0n) is 15.4. The van der Waals surface area contributed by atoms with E-state index in [1.54, 1.807) is 24.3 Å². The van der Waals surface area contributed by atoms with E-state index in [0.717, 1.165) is 16.0 Å². The van der Waals surface area contributed by atoms with Crippen LogP contribution < -0.4 is 5.32 Å². The number of nitrogens with zero attached hydrogens (tertiary/aromatic N) is 1. The minimum atomic E-state index is -0.873. The van der Waals surface area contributed by atoms with Crippen molar-refractivity contribution in [2.45, 2.75) is 33.7 Å². The van der Waals surface area contributed by atoms with Gasteiger partial charge in [-0.3, -0.25) is 19.3 Å². The standard InChI is InChI=1S/C21H22N2O3/c1-12(2)18(19(24)22-17-11-7-8-13(3)14(17)4)23-20(25)15-9-5-6-10-16(15)21(23)26/h5-12,18H,1-4H3,(H,22,24)/t18-/m0/s1. The number of anilines is 1. The zero-order valence-corrected chi connectivity index (χ0v) is 15.4. The lowest BCUT2D eigenvalue weighted by atomic mass is 10.0. The van der Waals surface area contributed by atoms with Crippen LogP contribution >= 0.6 is 0 Å². The molecule has 5 heteroatoms. The van der Waals surface area contributed by atoms with Crippen molar-refractivity contribution in [1.29, 1.82) is 0 Å². The van der Waals surface area contributed by atoms with E-state index in [0.29, 0.717) is 16.8 Å². The van der Waals surface area contributed by atoms with Crippen LogP contribution in [0.5, 0.6) is 0 Å². The van der Waals surface area contributed by atoms with Gasteiger partial charge in [-0.25, -0.2) is 0 Å². The summed E-state index contributed by atoms with van der Waals surface area (Å²) >= 11 is 0. The molecule has 0 saturated heterocycles. The molecule has 5 nitrogen and oxygen atoms in total. The van der Waals surface area contributed by atoms with E-state index in [1.807, 2.05) is 45.9 Å². The summed E-state index contributed by atoms with van der Waals surface area (Å²) in [6, 6.07) is 11.5. The lowest BCUT2D eigenvalue weighted by Crippen LogP contribution is -2.50. The molecule has 1 heterocycles. The number of carbonyl (C=O) groups is 3. The van der Waals surface area contributed by atoms with E-state index in [9.17, 15) is 14.4 Å². The molecule has 0 bridgehead atoms. The van der Waals surface area contributed by atoms with E-state index >= 15 is 0 Å². The van der Waals surface area contributed by atoms with Gasteiger partial charge in [0.1, 0.15) is 6.04 Å². The molecule has 1 aliphatic heterocycles. The van der Waals surface area contributed by atoms with Crippen LogP contribution in [-0.2, 0) is 4.79 Å². The quantitative estimate of drug-likeness (QED) is 0.858. The van der Waals surface area contributed by atoms with Crippen LogP contribution in [0, 0.1) is 19.8 Å². The van der Waals surface area contributed by atoms with Gasteiger partial charge in [0.2, 0.25) is 5.91 Å². The van der Waals surface area contributed by atoms with E-state index in [2.05, 4.69) is 5.32 Å². The van der Waals surface area contributed by atoms with Crippen LogP contribution in [0.1, 0.15) is 45.7 Å². The fraction of sp³-hybridized carbons (Fsp3) is 0.286. The first kappa shape index (κ1) is 17.9. The molecule has 0 aliphatic carbocycles. The molecule has 2 aromatic rings. The van der Waals surface area contributed by atoms with Gasteiger partial charge >= 0.3 is 0 Å². The number of hydrogen-bond acceptors (Lipinski definition) is 3. The molecule has 134 valence electrons. The number of imide groups is 1. The molecule has 1 atom stereocenters. The summed E-state index contributed by atoms with van der Waals surface area (Å²) in [4.78, 5) is 39.6. The maximum Gasteiger partial charge on any atom is 0.262 e. The first-order valence-corrected chi connectivity index (χ1v) is 8.67. The smallest absolute Gasteiger partial charge is 0.262 e. The Morgan fingerprint density at radius 2 is 1.50 bits per heavy atom. The topological polar surface area (TPSA) is 66.5 Å². The normalized spacial score (nSPS) is 14.6. The molecule has 1 aliphatic rings. The third-order valence-corrected chi connectivity index (χ3v) is 4.87. The number of nitrogens with one attached hydrogen (secondary N) is 1. The van der Waals surface area contributed by atoms with Crippen LogP contribution in [0.25, 0.3) is 0 Å². The van der Waals surface area contributed by atoms with Crippen molar-refractivity contribution in [3.63, 3.8) is 0 Å². The lowest BCUT2D eigenvalue weighted by Gasteiger charge is -2.28. The second-order valence-corrected chi connectivity index (χ2v) is 6.95. The van der Waals surface area contributed by atoms with E-state index in [1.165, 1.54) is 0 Å². The Kier molecular flexibility index (Phi) is 4.64. The Bertz CT molecular complexity index is 867. The molecule has 1 N–H and O–H groups in total. The molecule has 0 saturated carbocycles. The Labute approximate surface area is 153 Å². The minimum absolute atomic E-state index is 0.220. The molecule has 2 aromatic carbocycles. The SMILES string of the molecule is Cc1cccc(NC(=O)[C@H](C(C)C)N2C(=O)c3ccccc3C2=O)c1C. The molecule has 0 unspecified atom stereocenters. The van der Waals surface area contributed by atoms with Gasteiger partial charge in [-0.2, -0.15) is 0 Å². The maximum absolute atomic E-state index is 13.0. The number of aryl methyl sites for hydroxylation is 1. The van der Waals surface area contributed by atoms with Crippen LogP contribution in [-0.4, -0.2) is 28.7 Å². The first-order valence-electron chi connectivity index (χ1n) is 8.67. The van der Waals surface area contributed by atoms with Crippen LogP contribution in [0.4, 0.5) is 5.69 Å². The van der Waals surface area contributed by atoms with Gasteiger partial charge in [0, 0.05) is 5.69 Å². The summed E-state index contributed by atoms with van der Waals surface area (Å²) in [5, 5.41) is 2.89. The monoisotopic (exact) mass is 350 g/mol. The predicted molar refractivity (Wildman–Crippen MR) is 100 cm³/mol. The number of rotatable bonds is 4. The summed E-state index contributed by atoms with van der Waals surface area (Å²) in [5.74, 6) is -1.41. The highest BCUT2D eigenvalue weighted by atomic mass is 16.2. The van der Waals surface area contributed by atoms with E-state index < -0.39 is 17.9 Å². The number of amides is 3. The second kappa shape index (κ2) is 6.75. The van der Waals surface area contributed by atoms with Gasteiger partial charge in [0.15, 0.2) is 0 Å². The third-order valence-electron chi connectivity index (χ3n) is 4.87. The molecular formula is C21H22N2O3. The maximum atomic E-state index is 13.0. The molecule has 0 aromatic heterocycles. The number of hydrogen-bond donors (Lipinski definition) is 1. The van der Waals surface area contributed by atoms with Crippen molar-refractivity contribution >= 4 is 23.4 Å². The second-order valence-electron chi connectivity index (χ2n) is 6.95. The Hall–Kier alpha value is -2.95. The van der Waals surface area contributed by atoms with Gasteiger partial charge < -0.3 is 5.32 Å². The van der Waals surface area contributed by atoms with Crippen molar-refractivity contribution in [3.8, 4) is 0 Å². The molecular weight excluding hydrogens is 328 g/mol. The fourth-order valence-electron chi connectivity index (χ4n) is 3.27. The molecule has 26 heavy (non-hydrogen) atoms. The highest BCUT2D eigenvalue weighted by Gasteiger charge is 2.43. The van der Waals surface area contributed by atoms with Gasteiger partial charge in [-0.15, -0.1) is 0 Å². The number of fused-ring (bicyclic) bond motifs is 1. The summed E-state index contributed by atoms with van der Waals surface area (Å²) in [6.45, 7) is 7.56. The summed E-state index contributed by atoms with van der Waals surface area (Å²) < 4.78 is 0. The van der Waals surface area contributed by atoms with Gasteiger partial charge in [0.05, 0.1) is 11.1 Å². The molecule has 0 spiro atoms. The lowest BCUT2D eigenvalue weighted by molar-refractivity contribution is -0.121. The molecule has 0 radical (unpaired) electrons. The minimum Gasteiger partial charge on any atom is -0.324 e. The number of carbonyl (C=O) groups excluding carboxylic acids is 3. The Morgan fingerprint density at radius 1 is 0.923 bits per heavy atom. The predicted octanol–water partition coefficient (Wildman–Crippen LogP) is 3.56. The van der Waals surface area contributed by atoms with Crippen LogP contribution in [0.15, 0.2) is 42.5 Å². The van der Waals surface area contributed by atoms with Crippen molar-refractivity contribution in [2.75, 3.05) is 5.32 Å². The van der Waals surface area contributed by atoms with Crippen molar-refractivity contribution in [3.05, 3.63) is 64.7 Å². The number of benzene rings is 2. The van der Waals surface area contributed by atoms with E-state index in [4.69, 9.17) is 0 Å². The molecule has 3 amide bonds. The third kappa shape index (κ3) is 2.90. The molecule has 3 rings (SSSR count). The average molecular weight is 350 g/mol.